The lowest BCUT2D eigenvalue weighted by Crippen LogP contribution is -2.45. The monoisotopic (exact) mass is 183 g/mol. The maximum absolute atomic E-state index is 11.6. The van der Waals surface area contributed by atoms with Gasteiger partial charge < -0.3 is 9.64 Å². The first kappa shape index (κ1) is 9.00. The summed E-state index contributed by atoms with van der Waals surface area (Å²) < 4.78 is 5.66. The van der Waals surface area contributed by atoms with Crippen molar-refractivity contribution in [3.8, 4) is 0 Å². The van der Waals surface area contributed by atoms with Crippen molar-refractivity contribution < 1.29 is 9.53 Å². The fourth-order valence-corrected chi connectivity index (χ4v) is 2.19. The van der Waals surface area contributed by atoms with E-state index in [0.717, 1.165) is 32.4 Å². The number of morpholine rings is 1. The molecule has 2 bridgehead atoms. The molecule has 2 unspecified atom stereocenters. The van der Waals surface area contributed by atoms with Crippen LogP contribution in [0.4, 0.5) is 0 Å². The maximum atomic E-state index is 11.6. The summed E-state index contributed by atoms with van der Waals surface area (Å²) in [4.78, 5) is 13.6. The zero-order chi connectivity index (χ0) is 9.26. The van der Waals surface area contributed by atoms with Gasteiger partial charge in [-0.3, -0.25) is 4.79 Å². The van der Waals surface area contributed by atoms with Crippen LogP contribution in [0.2, 0.25) is 0 Å². The second-order valence-corrected chi connectivity index (χ2v) is 4.01. The molecule has 0 aliphatic carbocycles. The highest BCUT2D eigenvalue weighted by Crippen LogP contribution is 2.26. The predicted molar refractivity (Wildman–Crippen MR) is 49.4 cm³/mol. The lowest BCUT2D eigenvalue weighted by atomic mass is 10.2. The topological polar surface area (TPSA) is 29.5 Å². The van der Waals surface area contributed by atoms with E-state index in [2.05, 4.69) is 0 Å². The molecule has 0 saturated carbocycles. The van der Waals surface area contributed by atoms with Gasteiger partial charge in [0.2, 0.25) is 5.91 Å². The smallest absolute Gasteiger partial charge is 0.222 e. The summed E-state index contributed by atoms with van der Waals surface area (Å²) in [5.41, 5.74) is 0. The molecule has 0 aromatic carbocycles. The number of carbonyl (C=O) groups excluding carboxylic acids is 1. The van der Waals surface area contributed by atoms with Gasteiger partial charge in [-0.1, -0.05) is 6.92 Å². The van der Waals surface area contributed by atoms with Crippen molar-refractivity contribution in [2.24, 2.45) is 0 Å². The quantitative estimate of drug-likeness (QED) is 0.643. The highest BCUT2D eigenvalue weighted by molar-refractivity contribution is 5.76. The van der Waals surface area contributed by atoms with Gasteiger partial charge >= 0.3 is 0 Å². The van der Waals surface area contributed by atoms with Crippen molar-refractivity contribution in [2.75, 3.05) is 13.1 Å². The maximum Gasteiger partial charge on any atom is 0.222 e. The van der Waals surface area contributed by atoms with E-state index in [9.17, 15) is 4.79 Å². The number of hydrogen-bond donors (Lipinski definition) is 0. The molecule has 0 N–H and O–H groups in total. The first-order chi connectivity index (χ1) is 6.29. The molecule has 74 valence electrons. The molecule has 3 nitrogen and oxygen atoms in total. The molecular weight excluding hydrogens is 166 g/mol. The third-order valence-electron chi connectivity index (χ3n) is 2.86. The normalized spacial score (nSPS) is 32.2. The van der Waals surface area contributed by atoms with Gasteiger partial charge in [-0.2, -0.15) is 0 Å². The van der Waals surface area contributed by atoms with E-state index in [4.69, 9.17) is 4.74 Å². The fourth-order valence-electron chi connectivity index (χ4n) is 2.19. The summed E-state index contributed by atoms with van der Waals surface area (Å²) in [6.07, 6.45) is 4.59. The van der Waals surface area contributed by atoms with Crippen LogP contribution in [0.3, 0.4) is 0 Å². The van der Waals surface area contributed by atoms with Crippen molar-refractivity contribution >= 4 is 5.91 Å². The molecule has 1 amide bonds. The van der Waals surface area contributed by atoms with Gasteiger partial charge in [0, 0.05) is 19.5 Å². The Hall–Kier alpha value is -0.570. The van der Waals surface area contributed by atoms with E-state index >= 15 is 0 Å². The molecule has 2 aliphatic rings. The van der Waals surface area contributed by atoms with Gasteiger partial charge in [-0.25, -0.2) is 0 Å². The molecular formula is C10H17NO2. The molecule has 0 spiro atoms. The van der Waals surface area contributed by atoms with Gasteiger partial charge in [0.05, 0.1) is 12.2 Å². The van der Waals surface area contributed by atoms with E-state index < -0.39 is 0 Å². The molecule has 2 atom stereocenters. The number of carbonyl (C=O) groups is 1. The number of nitrogens with zero attached hydrogens (tertiary/aromatic N) is 1. The van der Waals surface area contributed by atoms with Crippen molar-refractivity contribution in [1.82, 2.24) is 4.90 Å². The van der Waals surface area contributed by atoms with Gasteiger partial charge in [0.25, 0.3) is 0 Å². The first-order valence-electron chi connectivity index (χ1n) is 5.23. The van der Waals surface area contributed by atoms with Crippen LogP contribution in [0.1, 0.15) is 32.6 Å². The van der Waals surface area contributed by atoms with Crippen molar-refractivity contribution in [3.05, 3.63) is 0 Å². The molecule has 2 rings (SSSR count). The third kappa shape index (κ3) is 1.85. The summed E-state index contributed by atoms with van der Waals surface area (Å²) >= 11 is 0. The van der Waals surface area contributed by atoms with E-state index in [1.807, 2.05) is 11.8 Å². The third-order valence-corrected chi connectivity index (χ3v) is 2.86. The van der Waals surface area contributed by atoms with Gasteiger partial charge in [0.15, 0.2) is 0 Å². The van der Waals surface area contributed by atoms with E-state index in [0.29, 0.717) is 24.5 Å². The molecule has 0 aromatic rings. The van der Waals surface area contributed by atoms with E-state index in [1.54, 1.807) is 0 Å². The van der Waals surface area contributed by atoms with Crippen molar-refractivity contribution in [1.29, 1.82) is 0 Å². The van der Waals surface area contributed by atoms with Crippen LogP contribution in [0, 0.1) is 0 Å². The Morgan fingerprint density at radius 3 is 2.54 bits per heavy atom. The minimum atomic E-state index is 0.308. The van der Waals surface area contributed by atoms with Crippen molar-refractivity contribution in [2.45, 2.75) is 44.8 Å². The summed E-state index contributed by atoms with van der Waals surface area (Å²) in [7, 11) is 0. The number of likely N-dealkylation sites (tertiary alicyclic amines) is 1. The second kappa shape index (κ2) is 3.66. The molecule has 13 heavy (non-hydrogen) atoms. The molecule has 2 heterocycles. The Labute approximate surface area is 79.0 Å². The largest absolute Gasteiger partial charge is 0.371 e. The minimum absolute atomic E-state index is 0.308. The Balaban J connectivity index is 1.91. The standard InChI is InChI=1S/C10H17NO2/c1-2-3-10(12)11-6-8-4-5-9(7-11)13-8/h8-9H,2-7H2,1H3. The van der Waals surface area contributed by atoms with E-state index in [1.165, 1.54) is 0 Å². The minimum Gasteiger partial charge on any atom is -0.371 e. The molecule has 3 heteroatoms. The van der Waals surface area contributed by atoms with Crippen LogP contribution >= 0.6 is 0 Å². The Morgan fingerprint density at radius 2 is 2.00 bits per heavy atom. The van der Waals surface area contributed by atoms with Gasteiger partial charge in [-0.15, -0.1) is 0 Å². The lowest BCUT2D eigenvalue weighted by Gasteiger charge is -2.32. The Bertz CT molecular complexity index is 193. The van der Waals surface area contributed by atoms with Crippen molar-refractivity contribution in [3.63, 3.8) is 0 Å². The van der Waals surface area contributed by atoms with Crippen LogP contribution < -0.4 is 0 Å². The highest BCUT2D eigenvalue weighted by atomic mass is 16.5. The lowest BCUT2D eigenvalue weighted by molar-refractivity contribution is -0.139. The Morgan fingerprint density at radius 1 is 1.38 bits per heavy atom. The summed E-state index contributed by atoms with van der Waals surface area (Å²) in [5, 5.41) is 0. The average molecular weight is 183 g/mol. The molecule has 2 saturated heterocycles. The summed E-state index contributed by atoms with van der Waals surface area (Å²) in [6.45, 7) is 3.71. The van der Waals surface area contributed by atoms with E-state index in [-0.39, 0.29) is 0 Å². The van der Waals surface area contributed by atoms with Crippen LogP contribution in [-0.2, 0) is 9.53 Å². The molecule has 0 aromatic heterocycles. The first-order valence-corrected chi connectivity index (χ1v) is 5.23. The van der Waals surface area contributed by atoms with Crippen LogP contribution in [0.25, 0.3) is 0 Å². The number of ether oxygens (including phenoxy) is 1. The van der Waals surface area contributed by atoms with Gasteiger partial charge in [0.1, 0.15) is 0 Å². The predicted octanol–water partition coefficient (Wildman–Crippen LogP) is 1.18. The molecule has 2 aliphatic heterocycles. The Kier molecular flexibility index (Phi) is 2.54. The van der Waals surface area contributed by atoms with Gasteiger partial charge in [-0.05, 0) is 19.3 Å². The number of rotatable bonds is 2. The van der Waals surface area contributed by atoms with Crippen LogP contribution in [-0.4, -0.2) is 36.1 Å². The second-order valence-electron chi connectivity index (χ2n) is 4.01. The number of hydrogen-bond acceptors (Lipinski definition) is 2. The fraction of sp³-hybridized carbons (Fsp3) is 0.900. The zero-order valence-corrected chi connectivity index (χ0v) is 8.16. The molecule has 0 radical (unpaired) electrons. The van der Waals surface area contributed by atoms with Crippen LogP contribution in [0.5, 0.6) is 0 Å². The highest BCUT2D eigenvalue weighted by Gasteiger charge is 2.35. The average Bonchev–Trinajstić information content (AvgIpc) is 2.46. The van der Waals surface area contributed by atoms with Crippen LogP contribution in [0.15, 0.2) is 0 Å². The number of amides is 1. The molecule has 2 fully saturated rings. The SMILES string of the molecule is CCCC(=O)N1CC2CCC(C1)O2. The number of fused-ring (bicyclic) bond motifs is 2. The summed E-state index contributed by atoms with van der Waals surface area (Å²) in [5.74, 6) is 0.308. The zero-order valence-electron chi connectivity index (χ0n) is 8.16. The summed E-state index contributed by atoms with van der Waals surface area (Å²) in [6, 6.07) is 0.